The summed E-state index contributed by atoms with van der Waals surface area (Å²) in [5.74, 6) is -0.284. The van der Waals surface area contributed by atoms with Gasteiger partial charge >= 0.3 is 12.6 Å². The van der Waals surface area contributed by atoms with E-state index in [1.54, 1.807) is 35.0 Å². The Labute approximate surface area is 305 Å². The third-order valence-corrected chi connectivity index (χ3v) is 10.7. The van der Waals surface area contributed by atoms with Gasteiger partial charge in [0.15, 0.2) is 11.5 Å². The minimum atomic E-state index is -3.57. The molecule has 2 aromatic carbocycles. The van der Waals surface area contributed by atoms with Crippen molar-refractivity contribution in [2.45, 2.75) is 38.5 Å². The summed E-state index contributed by atoms with van der Waals surface area (Å²) in [5, 5.41) is 1.28. The molecule has 11 nitrogen and oxygen atoms in total. The molecule has 16 heteroatoms. The maximum absolute atomic E-state index is 13.6. The number of nitrogens with zero attached hydrogens (tertiary/aromatic N) is 4. The van der Waals surface area contributed by atoms with Gasteiger partial charge in [-0.05, 0) is 66.3 Å². The number of ether oxygens (including phenoxy) is 4. The van der Waals surface area contributed by atoms with E-state index in [9.17, 15) is 22.0 Å². The first-order valence-corrected chi connectivity index (χ1v) is 19.1. The molecule has 3 heterocycles. The molecule has 1 aliphatic carbocycles. The van der Waals surface area contributed by atoms with Crippen LogP contribution in [0.2, 0.25) is 10.0 Å². The Kier molecular flexibility index (Phi) is 11.9. The lowest BCUT2D eigenvalue weighted by Crippen LogP contribution is -2.43. The van der Waals surface area contributed by atoms with Crippen molar-refractivity contribution in [3.05, 3.63) is 82.2 Å². The van der Waals surface area contributed by atoms with E-state index in [2.05, 4.69) is 9.88 Å². The van der Waals surface area contributed by atoms with Gasteiger partial charge in [-0.1, -0.05) is 29.3 Å². The van der Waals surface area contributed by atoms with Gasteiger partial charge in [0.1, 0.15) is 12.6 Å². The van der Waals surface area contributed by atoms with Gasteiger partial charge in [-0.2, -0.15) is 8.78 Å². The fourth-order valence-corrected chi connectivity index (χ4v) is 7.36. The molecule has 0 amide bonds. The van der Waals surface area contributed by atoms with Crippen LogP contribution in [-0.2, 0) is 37.3 Å². The van der Waals surface area contributed by atoms with Crippen molar-refractivity contribution >= 4 is 55.8 Å². The molecule has 1 atom stereocenters. The molecular weight excluding hydrogens is 729 g/mol. The van der Waals surface area contributed by atoms with Crippen molar-refractivity contribution in [3.8, 4) is 11.5 Å². The summed E-state index contributed by atoms with van der Waals surface area (Å²) in [6.07, 6.45) is 6.86. The molecular formula is C35H38Cl2F2N4O7S. The van der Waals surface area contributed by atoms with E-state index in [1.165, 1.54) is 41.2 Å². The average molecular weight is 768 g/mol. The first-order chi connectivity index (χ1) is 24.4. The first-order valence-electron chi connectivity index (χ1n) is 16.5. The monoisotopic (exact) mass is 766 g/mol. The SMILES string of the molecule is CS(=O)(=O)N(CCN1CCOCC1)c1ccc2c(ccn2CC(=O)O[C@@H](Cc2c(Cl)cncc2Cl)c2ccc(OC(F)F)c(OCC3CC3)c2)c1. The number of hydrogen-bond donors (Lipinski definition) is 0. The van der Waals surface area contributed by atoms with E-state index >= 15 is 0 Å². The number of morpholine rings is 1. The molecule has 1 aliphatic heterocycles. The molecule has 1 saturated carbocycles. The maximum Gasteiger partial charge on any atom is 0.387 e. The van der Waals surface area contributed by atoms with E-state index < -0.39 is 28.7 Å². The number of anilines is 1. The van der Waals surface area contributed by atoms with Gasteiger partial charge in [-0.3, -0.25) is 19.0 Å². The molecule has 4 aromatic rings. The molecule has 274 valence electrons. The Hall–Kier alpha value is -3.69. The second-order valence-electron chi connectivity index (χ2n) is 12.6. The number of hydrogen-bond acceptors (Lipinski definition) is 9. The van der Waals surface area contributed by atoms with E-state index in [1.807, 2.05) is 0 Å². The van der Waals surface area contributed by atoms with Crippen LogP contribution >= 0.6 is 23.2 Å². The smallest absolute Gasteiger partial charge is 0.387 e. The zero-order valence-electron chi connectivity index (χ0n) is 27.9. The Morgan fingerprint density at radius 3 is 2.49 bits per heavy atom. The highest BCUT2D eigenvalue weighted by Gasteiger charge is 2.26. The van der Waals surface area contributed by atoms with Crippen LogP contribution in [0, 0.1) is 5.92 Å². The summed E-state index contributed by atoms with van der Waals surface area (Å²) < 4.78 is 77.1. The molecule has 0 bridgehead atoms. The van der Waals surface area contributed by atoms with Gasteiger partial charge in [0.2, 0.25) is 10.0 Å². The van der Waals surface area contributed by atoms with Gasteiger partial charge in [-0.15, -0.1) is 0 Å². The van der Waals surface area contributed by atoms with Crippen molar-refractivity contribution in [1.29, 1.82) is 0 Å². The Balaban J connectivity index is 1.22. The van der Waals surface area contributed by atoms with E-state index in [-0.39, 0.29) is 41.1 Å². The van der Waals surface area contributed by atoms with Crippen molar-refractivity contribution in [2.75, 3.05) is 56.6 Å². The third-order valence-electron chi connectivity index (χ3n) is 8.81. The minimum absolute atomic E-state index is 0.0601. The molecule has 51 heavy (non-hydrogen) atoms. The van der Waals surface area contributed by atoms with Crippen molar-refractivity contribution < 1.29 is 40.9 Å². The summed E-state index contributed by atoms with van der Waals surface area (Å²) in [7, 11) is -3.57. The minimum Gasteiger partial charge on any atom is -0.489 e. The number of carbonyl (C=O) groups excluding carboxylic acids is 1. The lowest BCUT2D eigenvalue weighted by Gasteiger charge is -2.30. The number of pyridine rings is 1. The Bertz CT molecular complexity index is 1940. The van der Waals surface area contributed by atoms with Gasteiger partial charge in [0.25, 0.3) is 0 Å². The second kappa shape index (κ2) is 16.3. The summed E-state index contributed by atoms with van der Waals surface area (Å²) >= 11 is 12.9. The third kappa shape index (κ3) is 9.80. The number of rotatable bonds is 16. The van der Waals surface area contributed by atoms with Crippen LogP contribution in [0.4, 0.5) is 14.5 Å². The van der Waals surface area contributed by atoms with Gasteiger partial charge in [0, 0.05) is 62.1 Å². The van der Waals surface area contributed by atoms with Crippen molar-refractivity contribution in [1.82, 2.24) is 14.5 Å². The van der Waals surface area contributed by atoms with E-state index in [0.29, 0.717) is 54.6 Å². The van der Waals surface area contributed by atoms with Crippen LogP contribution in [0.1, 0.15) is 30.1 Å². The number of sulfonamides is 1. The Morgan fingerprint density at radius 1 is 1.06 bits per heavy atom. The number of esters is 1. The Morgan fingerprint density at radius 2 is 1.80 bits per heavy atom. The van der Waals surface area contributed by atoms with Crippen molar-refractivity contribution in [2.24, 2.45) is 5.92 Å². The fraction of sp³-hybridized carbons (Fsp3) is 0.429. The standard InChI is InChI=1S/C35H38Cl2F2N4O7S/c1-51(45,46)43(11-10-41-12-14-47-15-13-41)26-5-6-30-24(16-26)8-9-42(30)21-34(44)49-32(18-27-28(36)19-40-20-29(27)37)25-4-7-31(50-35(38)39)33(17-25)48-22-23-2-3-23/h4-9,16-17,19-20,23,32,35H,2-3,10-15,18,21-22H2,1H3/t32-/m0/s1. The quantitative estimate of drug-likeness (QED) is 0.120. The van der Waals surface area contributed by atoms with E-state index in [0.717, 1.165) is 31.3 Å². The number of fused-ring (bicyclic) bond motifs is 1. The highest BCUT2D eigenvalue weighted by molar-refractivity contribution is 7.92. The molecule has 2 aliphatic rings. The van der Waals surface area contributed by atoms with Gasteiger partial charge < -0.3 is 23.5 Å². The predicted molar refractivity (Wildman–Crippen MR) is 189 cm³/mol. The summed E-state index contributed by atoms with van der Waals surface area (Å²) in [6, 6.07) is 11.5. The maximum atomic E-state index is 13.6. The average Bonchev–Trinajstić information content (AvgIpc) is 3.84. The first kappa shape index (κ1) is 37.1. The molecule has 0 N–H and O–H groups in total. The summed E-state index contributed by atoms with van der Waals surface area (Å²) in [4.78, 5) is 19.8. The van der Waals surface area contributed by atoms with Gasteiger partial charge in [-0.25, -0.2) is 8.42 Å². The molecule has 1 saturated heterocycles. The largest absolute Gasteiger partial charge is 0.489 e. The van der Waals surface area contributed by atoms with Crippen molar-refractivity contribution in [3.63, 3.8) is 0 Å². The van der Waals surface area contributed by atoms with Gasteiger partial charge in [0.05, 0.1) is 41.8 Å². The lowest BCUT2D eigenvalue weighted by molar-refractivity contribution is -0.150. The van der Waals surface area contributed by atoms with E-state index in [4.69, 9.17) is 42.1 Å². The van der Waals surface area contributed by atoms with Crippen LogP contribution in [0.15, 0.2) is 61.1 Å². The molecule has 0 unspecified atom stereocenters. The fourth-order valence-electron chi connectivity index (χ4n) is 5.93. The lowest BCUT2D eigenvalue weighted by atomic mass is 10.0. The highest BCUT2D eigenvalue weighted by atomic mass is 35.5. The van der Waals surface area contributed by atoms with Crippen LogP contribution in [0.25, 0.3) is 10.9 Å². The summed E-state index contributed by atoms with van der Waals surface area (Å²) in [5.41, 5.74) is 2.16. The zero-order valence-corrected chi connectivity index (χ0v) is 30.2. The number of carbonyl (C=O) groups is 1. The normalized spacial score (nSPS) is 16.0. The molecule has 2 fully saturated rings. The van der Waals surface area contributed by atoms with Crippen LogP contribution in [0.3, 0.4) is 0 Å². The summed E-state index contributed by atoms with van der Waals surface area (Å²) in [6.45, 7) is 0.673. The molecule has 6 rings (SSSR count). The number of aromatic nitrogens is 2. The zero-order chi connectivity index (χ0) is 36.1. The number of alkyl halides is 2. The number of halogens is 4. The molecule has 0 radical (unpaired) electrons. The van der Waals surface area contributed by atoms with Crippen LogP contribution in [0.5, 0.6) is 11.5 Å². The predicted octanol–water partition coefficient (Wildman–Crippen LogP) is 6.36. The second-order valence-corrected chi connectivity index (χ2v) is 15.3. The number of benzene rings is 2. The molecule has 2 aromatic heterocycles. The molecule has 0 spiro atoms. The highest BCUT2D eigenvalue weighted by Crippen LogP contribution is 2.38. The van der Waals surface area contributed by atoms with Crippen LogP contribution < -0.4 is 13.8 Å². The topological polar surface area (TPSA) is 112 Å². The van der Waals surface area contributed by atoms with Crippen LogP contribution in [-0.4, -0.2) is 87.7 Å².